The topological polar surface area (TPSA) is 435 Å². The maximum absolute atomic E-state index is 12.3. The zero-order chi connectivity index (χ0) is 85.6. The molecular formula is C93H74BBrN6O17. The number of hydrogen-bond donors (Lipinski definition) is 8. The number of nitrogens with zero attached hydrogens (tertiary/aromatic N) is 6. The largest absolute Gasteiger partial charge is 0.508 e. The summed E-state index contributed by atoms with van der Waals surface area (Å²) in [5.74, 6) is -2.08. The minimum atomic E-state index is -1.46. The molecule has 8 N–H and O–H groups in total. The van der Waals surface area contributed by atoms with Gasteiger partial charge in [0.05, 0.1) is 69.8 Å². The Morgan fingerprint density at radius 2 is 0.534 bits per heavy atom. The average Bonchev–Trinajstić information content (AvgIpc) is 0.484. The van der Waals surface area contributed by atoms with E-state index < -0.39 is 42.9 Å². The van der Waals surface area contributed by atoms with E-state index in [0.717, 1.165) is 60.1 Å². The van der Waals surface area contributed by atoms with Crippen LogP contribution in [-0.2, 0) is 28.8 Å². The molecule has 0 unspecified atom stereocenters. The summed E-state index contributed by atoms with van der Waals surface area (Å²) in [6.45, 7) is 0. The first kappa shape index (κ1) is 91.1. The van der Waals surface area contributed by atoms with Crippen molar-refractivity contribution in [3.63, 3.8) is 0 Å². The van der Waals surface area contributed by atoms with Crippen LogP contribution in [0.2, 0.25) is 0 Å². The lowest BCUT2D eigenvalue weighted by molar-refractivity contribution is -0.140. The first-order valence-electron chi connectivity index (χ1n) is 35.9. The summed E-state index contributed by atoms with van der Waals surface area (Å²) < 4.78 is 16.8. The van der Waals surface area contributed by atoms with E-state index in [2.05, 4.69) is 46.3 Å². The molecule has 0 radical (unpaired) electrons. The number of halogens is 1. The fraction of sp³-hybridized carbons (Fsp3) is 0.0968. The second-order valence-electron chi connectivity index (χ2n) is 24.9. The lowest BCUT2D eigenvalue weighted by atomic mass is 9.80. The normalized spacial score (nSPS) is 9.64. The van der Waals surface area contributed by atoms with Crippen molar-refractivity contribution in [2.24, 2.45) is 0 Å². The quantitative estimate of drug-likeness (QED) is 0.0188. The van der Waals surface area contributed by atoms with Crippen molar-refractivity contribution in [2.45, 2.75) is 57.8 Å². The van der Waals surface area contributed by atoms with Crippen LogP contribution in [0.3, 0.4) is 0 Å². The number of aliphatic carboxylic acids is 3. The molecule has 0 fully saturated rings. The Labute approximate surface area is 689 Å². The molecule has 12 aromatic carbocycles. The molecule has 588 valence electrons. The van der Waals surface area contributed by atoms with Crippen LogP contribution in [0.5, 0.6) is 34.5 Å². The molecule has 0 spiro atoms. The van der Waals surface area contributed by atoms with Gasteiger partial charge in [0.25, 0.3) is 0 Å². The number of hydrogen-bond acceptors (Lipinski definition) is 20. The molecule has 12 aromatic rings. The number of ether oxygens (including phenoxy) is 3. The van der Waals surface area contributed by atoms with Crippen molar-refractivity contribution in [3.8, 4) is 127 Å². The minimum Gasteiger partial charge on any atom is -0.508 e. The van der Waals surface area contributed by atoms with Gasteiger partial charge in [-0.3, -0.25) is 28.8 Å². The minimum absolute atomic E-state index is 0.0489. The van der Waals surface area contributed by atoms with E-state index in [9.17, 15) is 33.9 Å². The van der Waals surface area contributed by atoms with Gasteiger partial charge >= 0.3 is 42.9 Å². The van der Waals surface area contributed by atoms with E-state index in [1.54, 1.807) is 152 Å². The highest BCUT2D eigenvalue weighted by Gasteiger charge is 2.14. The number of phenols is 3. The number of rotatable bonds is 21. The summed E-state index contributed by atoms with van der Waals surface area (Å²) >= 11 is 3.20. The van der Waals surface area contributed by atoms with E-state index >= 15 is 0 Å². The third-order valence-electron chi connectivity index (χ3n) is 16.1. The molecule has 12 rings (SSSR count). The van der Waals surface area contributed by atoms with Gasteiger partial charge in [0, 0.05) is 43.0 Å². The van der Waals surface area contributed by atoms with Crippen LogP contribution in [0.1, 0.15) is 91.2 Å². The van der Waals surface area contributed by atoms with Crippen LogP contribution in [0.25, 0.3) is 55.6 Å². The number of carboxylic acid groups (broad SMARTS) is 3. The van der Waals surface area contributed by atoms with Crippen LogP contribution in [0, 0.1) is 68.0 Å². The van der Waals surface area contributed by atoms with Crippen molar-refractivity contribution in [1.82, 2.24) is 0 Å². The maximum Gasteiger partial charge on any atom is 0.488 e. The van der Waals surface area contributed by atoms with Crippen molar-refractivity contribution < 1.29 is 83.7 Å². The van der Waals surface area contributed by atoms with Gasteiger partial charge in [0.2, 0.25) is 0 Å². The summed E-state index contributed by atoms with van der Waals surface area (Å²) in [5.41, 5.74) is 13.5. The molecule has 0 amide bonds. The van der Waals surface area contributed by atoms with Gasteiger partial charge in [-0.05, 0) is 232 Å². The van der Waals surface area contributed by atoms with Gasteiger partial charge in [-0.2, -0.15) is 31.6 Å². The van der Waals surface area contributed by atoms with Crippen molar-refractivity contribution >= 4 is 64.3 Å². The smallest absolute Gasteiger partial charge is 0.488 e. The number of phenolic OH excluding ortho intramolecular Hbond substituents is 3. The average molecular weight is 1640 g/mol. The van der Waals surface area contributed by atoms with E-state index in [-0.39, 0.29) is 62.9 Å². The van der Waals surface area contributed by atoms with Crippen LogP contribution < -0.4 is 19.7 Å². The molecule has 118 heavy (non-hydrogen) atoms. The van der Waals surface area contributed by atoms with Gasteiger partial charge in [0.1, 0.15) is 34.5 Å². The van der Waals surface area contributed by atoms with Crippen molar-refractivity contribution in [2.75, 3.05) is 0 Å². The van der Waals surface area contributed by atoms with Gasteiger partial charge in [-0.1, -0.05) is 155 Å². The summed E-state index contributed by atoms with van der Waals surface area (Å²) in [6.07, 6.45) is 0.832. The number of carboxylic acids is 3. The Bertz CT molecular complexity index is 5530. The predicted molar refractivity (Wildman–Crippen MR) is 444 cm³/mol. The second-order valence-corrected chi connectivity index (χ2v) is 25.8. The lowest BCUT2D eigenvalue weighted by Crippen LogP contribution is -2.29. The standard InChI is InChI=1S/C31H22N2O4.C18H15NO4.2C13H9NO.C7H6BNO2.C6H5BrO.C5H8O4/c32-20-22-7-11-24(12-8-22)25-15-17-28(18-16-25)36-30(34)5-2-6-31(35)37-29-4-1-3-27(19-29)26-13-9-23(21-33)10-14-26;19-12-13-4-6-14(7-5-13)15-8-10-16(11-9-15)23-18(22)3-1-2-17(20)21;14-9-10-1-3-11(4-2-10)12-5-7-13(15)8-6-12;14-9-10-4-6-11(7-5-10)12-2-1-3-13(15)8-12;9-5-6-1-3-7(4-2-6)8(10)11;7-5-2-1-3-6(8)4-5;6-4(7)2-1-3-5(8)9/h1,3-4,7-19H,2,5-6H2;4-11H,1-3H2,(H,20,21);2*1-8,15H;1-4,10-11H;1-4,8H;1-3H2,(H,6,7)(H,8,9). The van der Waals surface area contributed by atoms with Gasteiger partial charge in [-0.25, -0.2) is 0 Å². The SMILES string of the molecule is N#Cc1ccc(-c2ccc(O)cc2)cc1.N#Cc1ccc(-c2ccc(OC(=O)CCCC(=O)O)cc2)cc1.N#Cc1ccc(-c2ccc(OC(=O)CCCC(=O)Oc3cccc(-c4ccc(C#N)cc4)c3)cc2)cc1.N#Cc1ccc(-c2cccc(O)c2)cc1.N#Cc1ccc(B(O)O)cc1.O=C(O)CCCC(=O)O.Oc1cccc(Br)c1. The number of esters is 3. The molecular weight excluding hydrogens is 1560 g/mol. The number of aromatic hydroxyl groups is 3. The monoisotopic (exact) mass is 1640 g/mol. The van der Waals surface area contributed by atoms with Crippen LogP contribution >= 0.6 is 15.9 Å². The van der Waals surface area contributed by atoms with E-state index in [4.69, 9.17) is 81.4 Å². The number of carbonyl (C=O) groups is 6. The Hall–Kier alpha value is -15.7. The van der Waals surface area contributed by atoms with Crippen LogP contribution in [0.15, 0.2) is 296 Å². The van der Waals surface area contributed by atoms with Gasteiger partial charge in [0.15, 0.2) is 0 Å². The maximum atomic E-state index is 12.3. The lowest BCUT2D eigenvalue weighted by Gasteiger charge is -2.08. The zero-order valence-electron chi connectivity index (χ0n) is 63.0. The summed E-state index contributed by atoms with van der Waals surface area (Å²) in [7, 11) is -1.46. The summed E-state index contributed by atoms with van der Waals surface area (Å²) in [6, 6.07) is 96.7. The van der Waals surface area contributed by atoms with Crippen LogP contribution in [0.4, 0.5) is 0 Å². The highest BCUT2D eigenvalue weighted by atomic mass is 79.9. The molecule has 0 heterocycles. The number of carbonyl (C=O) groups excluding carboxylic acids is 3. The van der Waals surface area contributed by atoms with Crippen molar-refractivity contribution in [3.05, 3.63) is 329 Å². The second kappa shape index (κ2) is 49.6. The molecule has 0 aliphatic rings. The Morgan fingerprint density at radius 1 is 0.280 bits per heavy atom. The van der Waals surface area contributed by atoms with E-state index in [1.165, 1.54) is 24.3 Å². The molecule has 23 nitrogen and oxygen atoms in total. The summed E-state index contributed by atoms with van der Waals surface area (Å²) in [5, 5.41) is 121. The molecule has 0 saturated heterocycles. The summed E-state index contributed by atoms with van der Waals surface area (Å²) in [4.78, 5) is 66.0. The number of benzene rings is 12. The van der Waals surface area contributed by atoms with Crippen LogP contribution in [-0.4, -0.2) is 83.6 Å². The van der Waals surface area contributed by atoms with E-state index in [1.807, 2.05) is 121 Å². The predicted octanol–water partition coefficient (Wildman–Crippen LogP) is 17.4. The van der Waals surface area contributed by atoms with E-state index in [0.29, 0.717) is 68.3 Å². The Morgan fingerprint density at radius 3 is 0.822 bits per heavy atom. The highest BCUT2D eigenvalue weighted by Crippen LogP contribution is 2.29. The molecule has 0 aliphatic carbocycles. The highest BCUT2D eigenvalue weighted by molar-refractivity contribution is 9.10. The van der Waals surface area contributed by atoms with Crippen molar-refractivity contribution in [1.29, 1.82) is 31.6 Å². The molecule has 0 aliphatic heterocycles. The Kier molecular flexibility index (Phi) is 38.3. The van der Waals surface area contributed by atoms with Gasteiger partial charge < -0.3 is 54.9 Å². The fourth-order valence-electron chi connectivity index (χ4n) is 10.1. The molecule has 0 saturated carbocycles. The fourth-order valence-corrected chi connectivity index (χ4v) is 10.5. The molecule has 0 atom stereocenters. The Balaban J connectivity index is 0.000000229. The first-order chi connectivity index (χ1) is 56.8. The molecule has 25 heteroatoms. The molecule has 0 bridgehead atoms. The van der Waals surface area contributed by atoms with Gasteiger partial charge in [-0.15, -0.1) is 0 Å². The third kappa shape index (κ3) is 34.1. The first-order valence-corrected chi connectivity index (χ1v) is 36.6. The zero-order valence-corrected chi connectivity index (χ0v) is 64.6. The molecule has 0 aromatic heterocycles. The third-order valence-corrected chi connectivity index (χ3v) is 16.6. The number of nitriles is 6.